The SMILES string of the molecule is CC(CNC(=O)C(C)C(C)N)Sc1ccccc1.Cl. The molecule has 0 aromatic heterocycles. The Morgan fingerprint density at radius 2 is 1.84 bits per heavy atom. The third-order valence-electron chi connectivity index (χ3n) is 2.85. The van der Waals surface area contributed by atoms with E-state index in [-0.39, 0.29) is 30.3 Å². The molecule has 0 aliphatic rings. The molecule has 1 aromatic carbocycles. The van der Waals surface area contributed by atoms with E-state index in [0.717, 1.165) is 0 Å². The van der Waals surface area contributed by atoms with E-state index in [1.54, 1.807) is 11.8 Å². The molecule has 0 spiro atoms. The molecule has 1 rings (SSSR count). The summed E-state index contributed by atoms with van der Waals surface area (Å²) in [6.07, 6.45) is 0. The van der Waals surface area contributed by atoms with Gasteiger partial charge in [-0.15, -0.1) is 24.2 Å². The minimum Gasteiger partial charge on any atom is -0.355 e. The Kier molecular flexibility index (Phi) is 8.89. The zero-order chi connectivity index (χ0) is 13.5. The van der Waals surface area contributed by atoms with Crippen LogP contribution in [0.2, 0.25) is 0 Å². The summed E-state index contributed by atoms with van der Waals surface area (Å²) in [4.78, 5) is 13.0. The summed E-state index contributed by atoms with van der Waals surface area (Å²) in [5.74, 6) is -0.107. The van der Waals surface area contributed by atoms with E-state index in [1.165, 1.54) is 4.90 Å². The van der Waals surface area contributed by atoms with Gasteiger partial charge in [-0.1, -0.05) is 32.0 Å². The van der Waals surface area contributed by atoms with Crippen molar-refractivity contribution in [3.63, 3.8) is 0 Å². The third kappa shape index (κ3) is 6.85. The first-order chi connectivity index (χ1) is 8.50. The molecule has 5 heteroatoms. The van der Waals surface area contributed by atoms with Gasteiger partial charge in [-0.2, -0.15) is 0 Å². The van der Waals surface area contributed by atoms with Gasteiger partial charge in [0.15, 0.2) is 0 Å². The van der Waals surface area contributed by atoms with Gasteiger partial charge in [0.2, 0.25) is 5.91 Å². The molecule has 0 saturated heterocycles. The van der Waals surface area contributed by atoms with Crippen LogP contribution in [-0.4, -0.2) is 23.7 Å². The Morgan fingerprint density at radius 3 is 2.37 bits per heavy atom. The molecule has 3 unspecified atom stereocenters. The van der Waals surface area contributed by atoms with E-state index in [0.29, 0.717) is 11.8 Å². The van der Waals surface area contributed by atoms with Crippen molar-refractivity contribution in [2.45, 2.75) is 37.0 Å². The second-order valence-corrected chi connectivity index (χ2v) is 6.15. The van der Waals surface area contributed by atoms with Gasteiger partial charge >= 0.3 is 0 Å². The van der Waals surface area contributed by atoms with Crippen LogP contribution in [0, 0.1) is 5.92 Å². The first kappa shape index (κ1) is 18.3. The Labute approximate surface area is 126 Å². The first-order valence-corrected chi connectivity index (χ1v) is 7.13. The monoisotopic (exact) mass is 302 g/mol. The zero-order valence-corrected chi connectivity index (χ0v) is 13.3. The van der Waals surface area contributed by atoms with Gasteiger partial charge in [-0.05, 0) is 19.1 Å². The van der Waals surface area contributed by atoms with Gasteiger partial charge in [0.05, 0.1) is 0 Å². The maximum atomic E-state index is 11.7. The fourth-order valence-electron chi connectivity index (χ4n) is 1.42. The quantitative estimate of drug-likeness (QED) is 0.794. The average Bonchev–Trinajstić information content (AvgIpc) is 2.36. The van der Waals surface area contributed by atoms with Crippen LogP contribution in [0.15, 0.2) is 35.2 Å². The fourth-order valence-corrected chi connectivity index (χ4v) is 2.36. The van der Waals surface area contributed by atoms with Crippen LogP contribution in [0.1, 0.15) is 20.8 Å². The molecule has 108 valence electrons. The molecule has 0 radical (unpaired) electrons. The van der Waals surface area contributed by atoms with Crippen LogP contribution in [0.25, 0.3) is 0 Å². The van der Waals surface area contributed by atoms with Gasteiger partial charge in [0.25, 0.3) is 0 Å². The predicted octanol–water partition coefficient (Wildman–Crippen LogP) is 2.69. The van der Waals surface area contributed by atoms with Gasteiger partial charge in [0.1, 0.15) is 0 Å². The standard InChI is InChI=1S/C14H22N2OS.ClH/c1-10(18-13-7-5-4-6-8-13)9-16-14(17)11(2)12(3)15;/h4-8,10-12H,9,15H2,1-3H3,(H,16,17);1H. The van der Waals surface area contributed by atoms with E-state index in [1.807, 2.05) is 32.0 Å². The summed E-state index contributed by atoms with van der Waals surface area (Å²) in [7, 11) is 0. The molecular formula is C14H23ClN2OS. The zero-order valence-electron chi connectivity index (χ0n) is 11.6. The van der Waals surface area contributed by atoms with Crippen molar-refractivity contribution in [2.75, 3.05) is 6.54 Å². The molecule has 3 atom stereocenters. The second kappa shape index (κ2) is 9.23. The van der Waals surface area contributed by atoms with Crippen LogP contribution < -0.4 is 11.1 Å². The van der Waals surface area contributed by atoms with Gasteiger partial charge in [0, 0.05) is 28.6 Å². The lowest BCUT2D eigenvalue weighted by molar-refractivity contribution is -0.124. The number of nitrogens with one attached hydrogen (secondary N) is 1. The van der Waals surface area contributed by atoms with E-state index in [2.05, 4.69) is 24.4 Å². The van der Waals surface area contributed by atoms with Crippen molar-refractivity contribution in [2.24, 2.45) is 11.7 Å². The number of carbonyl (C=O) groups is 1. The molecule has 0 heterocycles. The summed E-state index contributed by atoms with van der Waals surface area (Å²) in [6, 6.07) is 10.1. The van der Waals surface area contributed by atoms with E-state index < -0.39 is 0 Å². The highest BCUT2D eigenvalue weighted by Crippen LogP contribution is 2.21. The van der Waals surface area contributed by atoms with Crippen LogP contribution in [-0.2, 0) is 4.79 Å². The highest BCUT2D eigenvalue weighted by Gasteiger charge is 2.17. The molecule has 0 aliphatic carbocycles. The van der Waals surface area contributed by atoms with Crippen molar-refractivity contribution < 1.29 is 4.79 Å². The molecule has 1 amide bonds. The molecule has 3 N–H and O–H groups in total. The highest BCUT2D eigenvalue weighted by atomic mass is 35.5. The Balaban J connectivity index is 0.00000324. The van der Waals surface area contributed by atoms with Crippen molar-refractivity contribution in [3.8, 4) is 0 Å². The Hall–Kier alpha value is -0.710. The number of thioether (sulfide) groups is 1. The summed E-state index contributed by atoms with van der Waals surface area (Å²) >= 11 is 1.76. The number of amides is 1. The maximum absolute atomic E-state index is 11.7. The van der Waals surface area contributed by atoms with Gasteiger partial charge < -0.3 is 11.1 Å². The predicted molar refractivity (Wildman–Crippen MR) is 84.8 cm³/mol. The second-order valence-electron chi connectivity index (χ2n) is 4.63. The number of nitrogens with two attached hydrogens (primary N) is 1. The molecule has 19 heavy (non-hydrogen) atoms. The molecule has 0 saturated carbocycles. The van der Waals surface area contributed by atoms with Crippen LogP contribution in [0.4, 0.5) is 0 Å². The lowest BCUT2D eigenvalue weighted by Crippen LogP contribution is -2.40. The topological polar surface area (TPSA) is 55.1 Å². The third-order valence-corrected chi connectivity index (χ3v) is 3.96. The highest BCUT2D eigenvalue weighted by molar-refractivity contribution is 8.00. The van der Waals surface area contributed by atoms with Crippen LogP contribution >= 0.6 is 24.2 Å². The minimum atomic E-state index is -0.140. The maximum Gasteiger partial charge on any atom is 0.224 e. The molecule has 0 bridgehead atoms. The number of carbonyl (C=O) groups excluding carboxylic acids is 1. The number of hydrogen-bond acceptors (Lipinski definition) is 3. The van der Waals surface area contributed by atoms with E-state index in [9.17, 15) is 4.79 Å². The minimum absolute atomic E-state index is 0. The Morgan fingerprint density at radius 1 is 1.26 bits per heavy atom. The van der Waals surface area contributed by atoms with Crippen molar-refractivity contribution >= 4 is 30.1 Å². The van der Waals surface area contributed by atoms with Crippen LogP contribution in [0.5, 0.6) is 0 Å². The van der Waals surface area contributed by atoms with Gasteiger partial charge in [-0.25, -0.2) is 0 Å². The summed E-state index contributed by atoms with van der Waals surface area (Å²) in [6.45, 7) is 6.48. The number of halogens is 1. The molecule has 1 aromatic rings. The van der Waals surface area contributed by atoms with Crippen molar-refractivity contribution in [3.05, 3.63) is 30.3 Å². The Bertz CT molecular complexity index is 373. The number of rotatable bonds is 6. The average molecular weight is 303 g/mol. The number of hydrogen-bond donors (Lipinski definition) is 2. The number of benzene rings is 1. The van der Waals surface area contributed by atoms with Crippen molar-refractivity contribution in [1.82, 2.24) is 5.32 Å². The largest absolute Gasteiger partial charge is 0.355 e. The van der Waals surface area contributed by atoms with Crippen molar-refractivity contribution in [1.29, 1.82) is 0 Å². The molecule has 0 fully saturated rings. The molecule has 0 aliphatic heterocycles. The summed E-state index contributed by atoms with van der Waals surface area (Å²) < 4.78 is 0. The summed E-state index contributed by atoms with van der Waals surface area (Å²) in [5, 5.41) is 3.29. The lowest BCUT2D eigenvalue weighted by Gasteiger charge is -2.17. The first-order valence-electron chi connectivity index (χ1n) is 6.25. The summed E-state index contributed by atoms with van der Waals surface area (Å²) in [5.41, 5.74) is 5.70. The van der Waals surface area contributed by atoms with Gasteiger partial charge in [-0.3, -0.25) is 4.79 Å². The van der Waals surface area contributed by atoms with E-state index in [4.69, 9.17) is 5.73 Å². The molecular weight excluding hydrogens is 280 g/mol. The van der Waals surface area contributed by atoms with E-state index >= 15 is 0 Å². The normalized spacial score (nSPS) is 14.9. The lowest BCUT2D eigenvalue weighted by atomic mass is 10.0. The smallest absolute Gasteiger partial charge is 0.224 e. The fraction of sp³-hybridized carbons (Fsp3) is 0.500. The van der Waals surface area contributed by atoms with Crippen LogP contribution in [0.3, 0.4) is 0 Å². The molecule has 3 nitrogen and oxygen atoms in total.